The molecule has 1 heterocycles. The summed E-state index contributed by atoms with van der Waals surface area (Å²) >= 11 is 0. The van der Waals surface area contributed by atoms with Crippen LogP contribution < -0.4 is 10.6 Å². The lowest BCUT2D eigenvalue weighted by atomic mass is 9.82. The minimum atomic E-state index is -4.65. The Kier molecular flexibility index (Phi) is 5.76. The SMILES string of the molecule is COC1=CC(=N)/C(=C\N[C@H]2C[C@@H](C)C2)C=C1NC(=O)c1cccc(C(F)(F)F)n1. The van der Waals surface area contributed by atoms with Crippen molar-refractivity contribution in [3.05, 3.63) is 65.0 Å². The maximum Gasteiger partial charge on any atom is 0.433 e. The number of amides is 1. The van der Waals surface area contributed by atoms with Crippen LogP contribution in [0.25, 0.3) is 0 Å². The molecular formula is C20H21F3N4O2. The highest BCUT2D eigenvalue weighted by atomic mass is 19.4. The Morgan fingerprint density at radius 1 is 1.31 bits per heavy atom. The van der Waals surface area contributed by atoms with Crippen molar-refractivity contribution in [2.24, 2.45) is 5.92 Å². The van der Waals surface area contributed by atoms with Crippen LogP contribution in [0.2, 0.25) is 0 Å². The summed E-state index contributed by atoms with van der Waals surface area (Å²) < 4.78 is 43.7. The van der Waals surface area contributed by atoms with Gasteiger partial charge >= 0.3 is 6.18 Å². The van der Waals surface area contributed by atoms with E-state index in [2.05, 4.69) is 22.5 Å². The number of carbonyl (C=O) groups is 1. The summed E-state index contributed by atoms with van der Waals surface area (Å²) in [5, 5.41) is 13.9. The van der Waals surface area contributed by atoms with E-state index < -0.39 is 17.8 Å². The van der Waals surface area contributed by atoms with Gasteiger partial charge in [-0.05, 0) is 37.0 Å². The average molecular weight is 406 g/mol. The van der Waals surface area contributed by atoms with Gasteiger partial charge in [-0.3, -0.25) is 4.79 Å². The third-order valence-corrected chi connectivity index (χ3v) is 4.74. The normalized spacial score (nSPS) is 23.1. The van der Waals surface area contributed by atoms with Crippen LogP contribution in [-0.2, 0) is 10.9 Å². The summed E-state index contributed by atoms with van der Waals surface area (Å²) in [6.07, 6.45) is 2.13. The number of alkyl halides is 3. The molecule has 0 aliphatic heterocycles. The largest absolute Gasteiger partial charge is 0.494 e. The van der Waals surface area contributed by atoms with E-state index in [1.165, 1.54) is 19.3 Å². The minimum absolute atomic E-state index is 0.192. The number of hydrogen-bond acceptors (Lipinski definition) is 5. The molecular weight excluding hydrogens is 385 g/mol. The first-order chi connectivity index (χ1) is 13.7. The molecule has 3 N–H and O–H groups in total. The predicted molar refractivity (Wildman–Crippen MR) is 101 cm³/mol. The molecule has 0 unspecified atom stereocenters. The molecule has 6 nitrogen and oxygen atoms in total. The quantitative estimate of drug-likeness (QED) is 0.698. The molecule has 0 aromatic carbocycles. The molecule has 0 atom stereocenters. The molecule has 1 aromatic heterocycles. The Morgan fingerprint density at radius 2 is 2.03 bits per heavy atom. The zero-order valence-corrected chi connectivity index (χ0v) is 15.9. The van der Waals surface area contributed by atoms with Crippen molar-refractivity contribution < 1.29 is 22.7 Å². The van der Waals surface area contributed by atoms with Crippen LogP contribution in [0.1, 0.15) is 35.9 Å². The molecule has 1 fully saturated rings. The van der Waals surface area contributed by atoms with Gasteiger partial charge in [0.25, 0.3) is 5.91 Å². The molecule has 0 radical (unpaired) electrons. The van der Waals surface area contributed by atoms with E-state index in [9.17, 15) is 18.0 Å². The fraction of sp³-hybridized carbons (Fsp3) is 0.350. The Balaban J connectivity index is 1.78. The lowest BCUT2D eigenvalue weighted by molar-refractivity contribution is -0.141. The van der Waals surface area contributed by atoms with E-state index in [1.807, 2.05) is 0 Å². The Morgan fingerprint density at radius 3 is 2.66 bits per heavy atom. The van der Waals surface area contributed by atoms with E-state index in [4.69, 9.17) is 10.1 Å². The summed E-state index contributed by atoms with van der Waals surface area (Å²) in [4.78, 5) is 15.8. The summed E-state index contributed by atoms with van der Waals surface area (Å²) in [5.41, 5.74) is -0.562. The number of carbonyl (C=O) groups excluding carboxylic acids is 1. The fourth-order valence-electron chi connectivity index (χ4n) is 3.13. The summed E-state index contributed by atoms with van der Waals surface area (Å²) in [6, 6.07) is 3.46. The average Bonchev–Trinajstić information content (AvgIpc) is 2.65. The number of pyridine rings is 1. The van der Waals surface area contributed by atoms with Crippen molar-refractivity contribution in [3.63, 3.8) is 0 Å². The molecule has 154 valence electrons. The maximum atomic E-state index is 12.8. The zero-order valence-electron chi connectivity index (χ0n) is 15.9. The third kappa shape index (κ3) is 4.85. The number of methoxy groups -OCH3 is 1. The molecule has 2 aliphatic rings. The molecule has 1 saturated carbocycles. The first-order valence-electron chi connectivity index (χ1n) is 9.06. The molecule has 1 aromatic rings. The van der Waals surface area contributed by atoms with Gasteiger partial charge in [-0.1, -0.05) is 13.0 Å². The monoisotopic (exact) mass is 406 g/mol. The highest BCUT2D eigenvalue weighted by molar-refractivity contribution is 6.10. The van der Waals surface area contributed by atoms with Crippen LogP contribution in [0.5, 0.6) is 0 Å². The van der Waals surface area contributed by atoms with Crippen LogP contribution in [0.4, 0.5) is 13.2 Å². The Bertz CT molecular complexity index is 913. The van der Waals surface area contributed by atoms with Crippen molar-refractivity contribution in [3.8, 4) is 0 Å². The van der Waals surface area contributed by atoms with Gasteiger partial charge in [0.1, 0.15) is 17.1 Å². The minimum Gasteiger partial charge on any atom is -0.494 e. The van der Waals surface area contributed by atoms with Crippen LogP contribution in [0.15, 0.2) is 53.6 Å². The summed E-state index contributed by atoms with van der Waals surface area (Å²) in [6.45, 7) is 2.16. The number of halogens is 3. The standard InChI is InChI=1S/C20H21F3N4O2/c1-11-6-13(7-11)25-10-12-8-16(17(29-2)9-14(12)24)27-19(28)15-4-3-5-18(26-15)20(21,22)23/h3-5,8-11,13,24-25H,6-7H2,1-2H3,(H,27,28)/b12-10-,24-14?/t11-,13+. The fourth-order valence-corrected chi connectivity index (χ4v) is 3.13. The molecule has 0 saturated heterocycles. The summed E-state index contributed by atoms with van der Waals surface area (Å²) in [5.74, 6) is 0.0886. The molecule has 0 spiro atoms. The first-order valence-corrected chi connectivity index (χ1v) is 9.06. The van der Waals surface area contributed by atoms with Crippen molar-refractivity contribution >= 4 is 11.6 Å². The highest BCUT2D eigenvalue weighted by Gasteiger charge is 2.33. The number of nitrogens with zero attached hydrogens (tertiary/aromatic N) is 1. The molecule has 2 aliphatic carbocycles. The summed E-state index contributed by atoms with van der Waals surface area (Å²) in [7, 11) is 1.38. The molecule has 29 heavy (non-hydrogen) atoms. The molecule has 0 bridgehead atoms. The van der Waals surface area contributed by atoms with E-state index in [-0.39, 0.29) is 22.9 Å². The van der Waals surface area contributed by atoms with Crippen molar-refractivity contribution in [2.75, 3.05) is 7.11 Å². The maximum absolute atomic E-state index is 12.8. The molecule has 3 rings (SSSR count). The number of ether oxygens (including phenoxy) is 1. The Hall–Kier alpha value is -3.10. The van der Waals surface area contributed by atoms with Crippen molar-refractivity contribution in [1.82, 2.24) is 15.6 Å². The molecule has 1 amide bonds. The predicted octanol–water partition coefficient (Wildman–Crippen LogP) is 3.55. The first kappa shape index (κ1) is 20.6. The van der Waals surface area contributed by atoms with Gasteiger partial charge in [0.2, 0.25) is 0 Å². The van der Waals surface area contributed by atoms with Gasteiger partial charge in [-0.25, -0.2) is 4.98 Å². The number of allylic oxidation sites excluding steroid dienone is 3. The van der Waals surface area contributed by atoms with Gasteiger partial charge in [-0.2, -0.15) is 13.2 Å². The van der Waals surface area contributed by atoms with E-state index in [0.717, 1.165) is 25.0 Å². The number of hydrogen-bond donors (Lipinski definition) is 3. The van der Waals surface area contributed by atoms with E-state index >= 15 is 0 Å². The van der Waals surface area contributed by atoms with Crippen LogP contribution in [-0.4, -0.2) is 29.8 Å². The Labute approximate surface area is 166 Å². The van der Waals surface area contributed by atoms with E-state index in [1.54, 1.807) is 12.3 Å². The number of nitrogens with one attached hydrogen (secondary N) is 3. The van der Waals surface area contributed by atoms with Gasteiger partial charge in [0.15, 0.2) is 0 Å². The second-order valence-corrected chi connectivity index (χ2v) is 7.08. The van der Waals surface area contributed by atoms with Gasteiger partial charge < -0.3 is 20.8 Å². The lowest BCUT2D eigenvalue weighted by Gasteiger charge is -2.33. The van der Waals surface area contributed by atoms with Crippen LogP contribution >= 0.6 is 0 Å². The third-order valence-electron chi connectivity index (χ3n) is 4.74. The second-order valence-electron chi connectivity index (χ2n) is 7.08. The zero-order chi connectivity index (χ0) is 21.2. The number of aromatic nitrogens is 1. The van der Waals surface area contributed by atoms with Crippen LogP contribution in [0, 0.1) is 11.3 Å². The molecule has 9 heteroatoms. The van der Waals surface area contributed by atoms with Crippen molar-refractivity contribution in [2.45, 2.75) is 32.0 Å². The smallest absolute Gasteiger partial charge is 0.433 e. The number of rotatable bonds is 5. The lowest BCUT2D eigenvalue weighted by Crippen LogP contribution is -2.37. The highest BCUT2D eigenvalue weighted by Crippen LogP contribution is 2.28. The second kappa shape index (κ2) is 8.10. The van der Waals surface area contributed by atoms with Crippen LogP contribution in [0.3, 0.4) is 0 Å². The van der Waals surface area contributed by atoms with Crippen molar-refractivity contribution in [1.29, 1.82) is 5.41 Å². The topological polar surface area (TPSA) is 87.1 Å². The van der Waals surface area contributed by atoms with Gasteiger partial charge in [0, 0.05) is 23.9 Å². The van der Waals surface area contributed by atoms with Gasteiger partial charge in [-0.15, -0.1) is 0 Å². The van der Waals surface area contributed by atoms with E-state index in [0.29, 0.717) is 17.5 Å². The van der Waals surface area contributed by atoms with Gasteiger partial charge in [0.05, 0.1) is 18.5 Å².